The Labute approximate surface area is 248 Å². The van der Waals surface area contributed by atoms with Crippen molar-refractivity contribution >= 4 is 41.8 Å². The summed E-state index contributed by atoms with van der Waals surface area (Å²) in [5.41, 5.74) is 4.20. The first-order valence-corrected chi connectivity index (χ1v) is 15.8. The minimum atomic E-state index is -4.44. The van der Waals surface area contributed by atoms with Crippen LogP contribution in [0.2, 0.25) is 5.02 Å². The molecule has 42 heavy (non-hydrogen) atoms. The average molecular weight is 607 g/mol. The standard InChI is InChI=1S/C31H32ClN4O5P/c1-3-31(4-2,42(38,39)40)22-9-7-10-24(19-22)34-28(37)14-8-13-27-29(21-15-17-23(32)18-16-21)35-30(41-27)36-20-33-25-11-5-6-12-26(25)36/h5-7,9-12,15-20H,3-4,8,13-14H2,1-2H3,(H,34,37)(H2,38,39,40). The number of para-hydroxylation sites is 2. The van der Waals surface area contributed by atoms with Crippen LogP contribution in [0, 0.1) is 0 Å². The average Bonchev–Trinajstić information content (AvgIpc) is 3.58. The van der Waals surface area contributed by atoms with Gasteiger partial charge < -0.3 is 19.5 Å². The Hall–Kier alpha value is -3.75. The number of rotatable bonds is 11. The second-order valence-corrected chi connectivity index (χ2v) is 12.5. The van der Waals surface area contributed by atoms with Crippen LogP contribution in [-0.4, -0.2) is 30.2 Å². The van der Waals surface area contributed by atoms with Crippen molar-refractivity contribution in [3.05, 3.63) is 95.5 Å². The van der Waals surface area contributed by atoms with Crippen LogP contribution in [0.1, 0.15) is 50.9 Å². The number of hydrogen-bond acceptors (Lipinski definition) is 5. The number of anilines is 1. The number of halogens is 1. The van der Waals surface area contributed by atoms with Gasteiger partial charge in [-0.2, -0.15) is 4.98 Å². The first-order chi connectivity index (χ1) is 20.1. The molecule has 9 nitrogen and oxygen atoms in total. The number of aromatic nitrogens is 3. The molecule has 0 aliphatic heterocycles. The lowest BCUT2D eigenvalue weighted by molar-refractivity contribution is -0.116. The first kappa shape index (κ1) is 29.7. The zero-order valence-electron chi connectivity index (χ0n) is 23.3. The van der Waals surface area contributed by atoms with Crippen LogP contribution in [0.4, 0.5) is 5.69 Å². The van der Waals surface area contributed by atoms with Crippen molar-refractivity contribution in [2.24, 2.45) is 0 Å². The predicted octanol–water partition coefficient (Wildman–Crippen LogP) is 7.49. The van der Waals surface area contributed by atoms with Crippen LogP contribution in [0.3, 0.4) is 0 Å². The number of hydrogen-bond donors (Lipinski definition) is 3. The zero-order chi connectivity index (χ0) is 29.9. The molecule has 5 rings (SSSR count). The number of oxazole rings is 1. The zero-order valence-corrected chi connectivity index (χ0v) is 25.0. The molecule has 0 radical (unpaired) electrons. The highest BCUT2D eigenvalue weighted by atomic mass is 35.5. The third kappa shape index (κ3) is 5.92. The van der Waals surface area contributed by atoms with Gasteiger partial charge in [0.1, 0.15) is 17.8 Å². The summed E-state index contributed by atoms with van der Waals surface area (Å²) >= 11 is 6.11. The molecule has 0 saturated heterocycles. The highest BCUT2D eigenvalue weighted by Gasteiger charge is 2.45. The molecule has 0 saturated carbocycles. The monoisotopic (exact) mass is 606 g/mol. The van der Waals surface area contributed by atoms with Crippen molar-refractivity contribution in [3.8, 4) is 17.3 Å². The Morgan fingerprint density at radius 2 is 1.79 bits per heavy atom. The lowest BCUT2D eigenvalue weighted by Crippen LogP contribution is -2.24. The van der Waals surface area contributed by atoms with Gasteiger partial charge in [-0.15, -0.1) is 0 Å². The highest BCUT2D eigenvalue weighted by molar-refractivity contribution is 7.53. The number of imidazole rings is 1. The van der Waals surface area contributed by atoms with E-state index in [-0.39, 0.29) is 25.2 Å². The molecule has 0 spiro atoms. The summed E-state index contributed by atoms with van der Waals surface area (Å²) in [5, 5.41) is 2.19. The van der Waals surface area contributed by atoms with Crippen molar-refractivity contribution in [2.45, 2.75) is 51.1 Å². The van der Waals surface area contributed by atoms with Gasteiger partial charge in [-0.05, 0) is 61.2 Å². The van der Waals surface area contributed by atoms with Crippen molar-refractivity contribution in [1.82, 2.24) is 14.5 Å². The van der Waals surface area contributed by atoms with Gasteiger partial charge in [-0.1, -0.05) is 61.8 Å². The van der Waals surface area contributed by atoms with Crippen molar-refractivity contribution in [2.75, 3.05) is 5.32 Å². The molecular weight excluding hydrogens is 575 g/mol. The second-order valence-electron chi connectivity index (χ2n) is 10.1. The highest BCUT2D eigenvalue weighted by Crippen LogP contribution is 2.61. The van der Waals surface area contributed by atoms with Crippen LogP contribution < -0.4 is 5.32 Å². The van der Waals surface area contributed by atoms with Gasteiger partial charge in [0.2, 0.25) is 5.91 Å². The number of benzene rings is 3. The predicted molar refractivity (Wildman–Crippen MR) is 164 cm³/mol. The summed E-state index contributed by atoms with van der Waals surface area (Å²) in [6.45, 7) is 3.52. The van der Waals surface area contributed by atoms with E-state index in [1.54, 1.807) is 61.1 Å². The van der Waals surface area contributed by atoms with E-state index in [0.717, 1.165) is 16.6 Å². The SMILES string of the molecule is CCC(CC)(c1cccc(NC(=O)CCCc2oc(-n3cnc4ccccc43)nc2-c2ccc(Cl)cc2)c1)P(=O)(O)O. The first-order valence-electron chi connectivity index (χ1n) is 13.8. The Kier molecular flexibility index (Phi) is 8.66. The molecule has 2 heterocycles. The number of aryl methyl sites for hydroxylation is 1. The Morgan fingerprint density at radius 1 is 1.05 bits per heavy atom. The van der Waals surface area contributed by atoms with Crippen LogP contribution in [0.5, 0.6) is 0 Å². The van der Waals surface area contributed by atoms with Crippen LogP contribution in [0.25, 0.3) is 28.3 Å². The third-order valence-electron chi connectivity index (χ3n) is 7.68. The van der Waals surface area contributed by atoms with E-state index in [1.165, 1.54) is 0 Å². The molecule has 1 amide bonds. The summed E-state index contributed by atoms with van der Waals surface area (Å²) in [5.74, 6) is 0.424. The minimum Gasteiger partial charge on any atom is -0.427 e. The maximum absolute atomic E-state index is 12.9. The Balaban J connectivity index is 1.33. The van der Waals surface area contributed by atoms with Crippen molar-refractivity contribution < 1.29 is 23.6 Å². The number of carbonyl (C=O) groups excluding carboxylic acids is 1. The van der Waals surface area contributed by atoms with Gasteiger partial charge in [0.25, 0.3) is 0 Å². The molecule has 2 aromatic heterocycles. The Bertz CT molecular complexity index is 1750. The maximum Gasteiger partial charge on any atom is 0.335 e. The number of amides is 1. The molecule has 3 aromatic carbocycles. The third-order valence-corrected chi connectivity index (χ3v) is 9.94. The summed E-state index contributed by atoms with van der Waals surface area (Å²) in [4.78, 5) is 42.3. The molecule has 0 atom stereocenters. The molecule has 3 N–H and O–H groups in total. The summed E-state index contributed by atoms with van der Waals surface area (Å²) in [7, 11) is -4.44. The molecular formula is C31H32ClN4O5P. The summed E-state index contributed by atoms with van der Waals surface area (Å²) in [6.07, 6.45) is 3.37. The van der Waals surface area contributed by atoms with E-state index in [9.17, 15) is 19.1 Å². The molecule has 11 heteroatoms. The normalized spacial score (nSPS) is 12.1. The molecule has 0 unspecified atom stereocenters. The van der Waals surface area contributed by atoms with Gasteiger partial charge in [0, 0.05) is 29.1 Å². The second kappa shape index (κ2) is 12.2. The molecule has 5 aromatic rings. The maximum atomic E-state index is 12.9. The van der Waals surface area contributed by atoms with Gasteiger partial charge in [-0.3, -0.25) is 13.9 Å². The number of nitrogens with one attached hydrogen (secondary N) is 1. The number of carbonyl (C=O) groups is 1. The fraction of sp³-hybridized carbons (Fsp3) is 0.258. The van der Waals surface area contributed by atoms with E-state index >= 15 is 0 Å². The topological polar surface area (TPSA) is 130 Å². The smallest absolute Gasteiger partial charge is 0.335 e. The molecule has 218 valence electrons. The van der Waals surface area contributed by atoms with Crippen molar-refractivity contribution in [1.29, 1.82) is 0 Å². The Morgan fingerprint density at radius 3 is 2.50 bits per heavy atom. The quantitative estimate of drug-likeness (QED) is 0.133. The van der Waals surface area contributed by atoms with Crippen LogP contribution in [0.15, 0.2) is 83.5 Å². The number of nitrogens with zero attached hydrogens (tertiary/aromatic N) is 3. The van der Waals surface area contributed by atoms with E-state index < -0.39 is 12.8 Å². The lowest BCUT2D eigenvalue weighted by atomic mass is 9.92. The van der Waals surface area contributed by atoms with E-state index in [2.05, 4.69) is 10.3 Å². The van der Waals surface area contributed by atoms with E-state index in [0.29, 0.717) is 46.6 Å². The van der Waals surface area contributed by atoms with E-state index in [4.69, 9.17) is 21.0 Å². The van der Waals surface area contributed by atoms with E-state index in [1.807, 2.05) is 36.4 Å². The lowest BCUT2D eigenvalue weighted by Gasteiger charge is -2.33. The molecule has 0 fully saturated rings. The van der Waals surface area contributed by atoms with Gasteiger partial charge in [-0.25, -0.2) is 4.98 Å². The van der Waals surface area contributed by atoms with Gasteiger partial charge in [0.05, 0.1) is 16.2 Å². The fourth-order valence-electron chi connectivity index (χ4n) is 5.31. The molecule has 0 aliphatic rings. The number of fused-ring (bicyclic) bond motifs is 1. The summed E-state index contributed by atoms with van der Waals surface area (Å²) < 4.78 is 20.4. The van der Waals surface area contributed by atoms with Crippen LogP contribution >= 0.6 is 19.2 Å². The van der Waals surface area contributed by atoms with Crippen molar-refractivity contribution in [3.63, 3.8) is 0 Å². The minimum absolute atomic E-state index is 0.208. The molecule has 0 bridgehead atoms. The fourth-order valence-corrected chi connectivity index (χ4v) is 6.74. The van der Waals surface area contributed by atoms with Crippen LogP contribution in [-0.2, 0) is 20.9 Å². The van der Waals surface area contributed by atoms with Gasteiger partial charge >= 0.3 is 13.6 Å². The summed E-state index contributed by atoms with van der Waals surface area (Å²) in [6, 6.07) is 22.2. The van der Waals surface area contributed by atoms with Gasteiger partial charge in [0.15, 0.2) is 0 Å². The molecule has 0 aliphatic carbocycles. The largest absolute Gasteiger partial charge is 0.427 e.